The lowest BCUT2D eigenvalue weighted by Gasteiger charge is -1.95. The molecule has 0 amide bonds. The number of nitrogens with one attached hydrogen (secondary N) is 1. The van der Waals surface area contributed by atoms with Crippen LogP contribution in [0.2, 0.25) is 0 Å². The van der Waals surface area contributed by atoms with Gasteiger partial charge in [-0.3, -0.25) is 0 Å². The van der Waals surface area contributed by atoms with Crippen LogP contribution in [-0.2, 0) is 6.54 Å². The summed E-state index contributed by atoms with van der Waals surface area (Å²) in [5.41, 5.74) is 0. The van der Waals surface area contributed by atoms with E-state index in [4.69, 9.17) is 0 Å². The zero-order chi connectivity index (χ0) is 6.81. The lowest BCUT2D eigenvalue weighted by atomic mass is 10.6. The molecule has 1 N–H and O–H groups in total. The number of rotatable bonds is 3. The van der Waals surface area contributed by atoms with Crippen molar-refractivity contribution in [2.75, 3.05) is 0 Å². The summed E-state index contributed by atoms with van der Waals surface area (Å²) >= 11 is 1.72. The Bertz CT molecular complexity index is 191. The van der Waals surface area contributed by atoms with Gasteiger partial charge in [-0.25, -0.2) is 4.98 Å². The van der Waals surface area contributed by atoms with E-state index in [1.54, 1.807) is 11.3 Å². The first-order valence-corrected chi connectivity index (χ1v) is 4.45. The van der Waals surface area contributed by atoms with E-state index < -0.39 is 0 Å². The average Bonchev–Trinajstić information content (AvgIpc) is 2.63. The first-order chi connectivity index (χ1) is 4.95. The number of hydrogen-bond acceptors (Lipinski definition) is 3. The van der Waals surface area contributed by atoms with Crippen molar-refractivity contribution in [2.45, 2.75) is 25.4 Å². The zero-order valence-corrected chi connectivity index (χ0v) is 6.53. The van der Waals surface area contributed by atoms with Crippen molar-refractivity contribution in [3.05, 3.63) is 16.6 Å². The Kier molecular flexibility index (Phi) is 1.69. The van der Waals surface area contributed by atoms with E-state index in [0.29, 0.717) is 0 Å². The third-order valence-corrected chi connectivity index (χ3v) is 2.38. The third kappa shape index (κ3) is 1.55. The Labute approximate surface area is 64.3 Å². The van der Waals surface area contributed by atoms with E-state index in [1.165, 1.54) is 17.8 Å². The molecular weight excluding hydrogens is 144 g/mol. The van der Waals surface area contributed by atoms with Crippen LogP contribution in [0.1, 0.15) is 17.8 Å². The maximum atomic E-state index is 4.17. The highest BCUT2D eigenvalue weighted by Gasteiger charge is 2.20. The predicted octanol–water partition coefficient (Wildman–Crippen LogP) is 1.40. The highest BCUT2D eigenvalue weighted by Crippen LogP contribution is 2.19. The Balaban J connectivity index is 1.79. The summed E-state index contributed by atoms with van der Waals surface area (Å²) in [5.74, 6) is 0. The molecular formula is C7H10N2S. The van der Waals surface area contributed by atoms with Gasteiger partial charge in [0.2, 0.25) is 0 Å². The van der Waals surface area contributed by atoms with E-state index >= 15 is 0 Å². The molecule has 0 atom stereocenters. The maximum absolute atomic E-state index is 4.17. The first-order valence-electron chi connectivity index (χ1n) is 3.57. The van der Waals surface area contributed by atoms with E-state index in [-0.39, 0.29) is 0 Å². The molecule has 2 rings (SSSR count). The Hall–Kier alpha value is -0.410. The standard InChI is InChI=1S/C7H10N2S/c1-2-6(1)9-5-7-8-3-4-10-7/h3-4,6,9H,1-2,5H2. The van der Waals surface area contributed by atoms with Gasteiger partial charge in [-0.1, -0.05) is 0 Å². The summed E-state index contributed by atoms with van der Waals surface area (Å²) in [7, 11) is 0. The molecule has 1 aromatic heterocycles. The molecule has 0 unspecified atom stereocenters. The zero-order valence-electron chi connectivity index (χ0n) is 5.71. The van der Waals surface area contributed by atoms with Crippen molar-refractivity contribution in [1.29, 1.82) is 0 Å². The SMILES string of the molecule is c1csc(CNC2CC2)n1. The lowest BCUT2D eigenvalue weighted by Crippen LogP contribution is -2.14. The minimum atomic E-state index is 0.795. The maximum Gasteiger partial charge on any atom is 0.106 e. The molecule has 1 aliphatic carbocycles. The summed E-state index contributed by atoms with van der Waals surface area (Å²) in [6, 6.07) is 0.795. The molecule has 0 aliphatic heterocycles. The number of nitrogens with zero attached hydrogens (tertiary/aromatic N) is 1. The molecule has 1 heterocycles. The van der Waals surface area contributed by atoms with Crippen molar-refractivity contribution >= 4 is 11.3 Å². The highest BCUT2D eigenvalue weighted by molar-refractivity contribution is 7.09. The second-order valence-corrected chi connectivity index (χ2v) is 3.56. The van der Waals surface area contributed by atoms with Gasteiger partial charge in [-0.2, -0.15) is 0 Å². The Morgan fingerprint density at radius 2 is 2.60 bits per heavy atom. The molecule has 1 saturated carbocycles. The van der Waals surface area contributed by atoms with Crippen LogP contribution in [0.15, 0.2) is 11.6 Å². The minimum Gasteiger partial charge on any atom is -0.308 e. The fourth-order valence-electron chi connectivity index (χ4n) is 0.859. The molecule has 0 radical (unpaired) electrons. The van der Waals surface area contributed by atoms with Gasteiger partial charge in [0, 0.05) is 24.2 Å². The number of hydrogen-bond donors (Lipinski definition) is 1. The van der Waals surface area contributed by atoms with Crippen LogP contribution in [-0.4, -0.2) is 11.0 Å². The molecule has 1 fully saturated rings. The van der Waals surface area contributed by atoms with Crippen LogP contribution in [0.4, 0.5) is 0 Å². The molecule has 10 heavy (non-hydrogen) atoms. The highest BCUT2D eigenvalue weighted by atomic mass is 32.1. The monoisotopic (exact) mass is 154 g/mol. The van der Waals surface area contributed by atoms with Gasteiger partial charge in [0.05, 0.1) is 0 Å². The van der Waals surface area contributed by atoms with Crippen LogP contribution in [0.5, 0.6) is 0 Å². The Morgan fingerprint density at radius 3 is 3.20 bits per heavy atom. The molecule has 3 heteroatoms. The van der Waals surface area contributed by atoms with Crippen molar-refractivity contribution < 1.29 is 0 Å². The summed E-state index contributed by atoms with van der Waals surface area (Å²) in [6.45, 7) is 0.961. The molecule has 1 aromatic rings. The van der Waals surface area contributed by atoms with Crippen LogP contribution in [0.3, 0.4) is 0 Å². The predicted molar refractivity (Wildman–Crippen MR) is 42.0 cm³/mol. The lowest BCUT2D eigenvalue weighted by molar-refractivity contribution is 0.684. The van der Waals surface area contributed by atoms with E-state index in [1.807, 2.05) is 11.6 Å². The fourth-order valence-corrected chi connectivity index (χ4v) is 1.43. The molecule has 54 valence electrons. The summed E-state index contributed by atoms with van der Waals surface area (Å²) < 4.78 is 0. The molecule has 0 spiro atoms. The average molecular weight is 154 g/mol. The second kappa shape index (κ2) is 2.68. The number of thiazole rings is 1. The molecule has 0 bridgehead atoms. The number of aromatic nitrogens is 1. The van der Waals surface area contributed by atoms with Crippen molar-refractivity contribution in [1.82, 2.24) is 10.3 Å². The molecule has 1 aliphatic rings. The molecule has 0 saturated heterocycles. The largest absolute Gasteiger partial charge is 0.308 e. The third-order valence-electron chi connectivity index (χ3n) is 1.60. The second-order valence-electron chi connectivity index (χ2n) is 2.58. The summed E-state index contributed by atoms with van der Waals surface area (Å²) in [6.07, 6.45) is 4.56. The van der Waals surface area contributed by atoms with E-state index in [9.17, 15) is 0 Å². The smallest absolute Gasteiger partial charge is 0.106 e. The van der Waals surface area contributed by atoms with Crippen molar-refractivity contribution in [2.24, 2.45) is 0 Å². The van der Waals surface area contributed by atoms with Crippen molar-refractivity contribution in [3.63, 3.8) is 0 Å². The quantitative estimate of drug-likeness (QED) is 0.711. The van der Waals surface area contributed by atoms with Crippen LogP contribution < -0.4 is 5.32 Å². The van der Waals surface area contributed by atoms with Crippen LogP contribution in [0, 0.1) is 0 Å². The van der Waals surface area contributed by atoms with Gasteiger partial charge in [0.25, 0.3) is 0 Å². The van der Waals surface area contributed by atoms with Crippen molar-refractivity contribution in [3.8, 4) is 0 Å². The first kappa shape index (κ1) is 6.31. The van der Waals surface area contributed by atoms with Gasteiger partial charge in [-0.15, -0.1) is 11.3 Å². The van der Waals surface area contributed by atoms with E-state index in [0.717, 1.165) is 12.6 Å². The van der Waals surface area contributed by atoms with Crippen LogP contribution in [0.25, 0.3) is 0 Å². The molecule has 0 aromatic carbocycles. The fraction of sp³-hybridized carbons (Fsp3) is 0.571. The Morgan fingerprint density at radius 1 is 1.70 bits per heavy atom. The minimum absolute atomic E-state index is 0.795. The van der Waals surface area contributed by atoms with Gasteiger partial charge < -0.3 is 5.32 Å². The van der Waals surface area contributed by atoms with Crippen LogP contribution >= 0.6 is 11.3 Å². The van der Waals surface area contributed by atoms with E-state index in [2.05, 4.69) is 10.3 Å². The van der Waals surface area contributed by atoms with Gasteiger partial charge in [0.15, 0.2) is 0 Å². The topological polar surface area (TPSA) is 24.9 Å². The van der Waals surface area contributed by atoms with Gasteiger partial charge in [-0.05, 0) is 12.8 Å². The summed E-state index contributed by atoms with van der Waals surface area (Å²) in [5, 5.41) is 6.63. The van der Waals surface area contributed by atoms with Gasteiger partial charge >= 0.3 is 0 Å². The van der Waals surface area contributed by atoms with Gasteiger partial charge in [0.1, 0.15) is 5.01 Å². The normalized spacial score (nSPS) is 17.6. The molecule has 2 nitrogen and oxygen atoms in total. The summed E-state index contributed by atoms with van der Waals surface area (Å²) in [4.78, 5) is 4.17.